The van der Waals surface area contributed by atoms with Crippen LogP contribution in [-0.4, -0.2) is 41.3 Å². The van der Waals surface area contributed by atoms with Gasteiger partial charge in [-0.3, -0.25) is 19.5 Å². The SMILES string of the molecule is Cc1ccnc(CC(C)N(C)CC(=O)Nc2ccc(C(N)=O)cc2)c1. The molecule has 1 unspecified atom stereocenters. The fourth-order valence-electron chi connectivity index (χ4n) is 2.47. The molecule has 0 saturated heterocycles. The van der Waals surface area contributed by atoms with Gasteiger partial charge in [-0.2, -0.15) is 0 Å². The maximum Gasteiger partial charge on any atom is 0.248 e. The third-order valence-corrected chi connectivity index (χ3v) is 4.08. The molecule has 1 atom stereocenters. The van der Waals surface area contributed by atoms with Gasteiger partial charge >= 0.3 is 0 Å². The second-order valence-corrected chi connectivity index (χ2v) is 6.28. The lowest BCUT2D eigenvalue weighted by Crippen LogP contribution is -2.37. The Labute approximate surface area is 148 Å². The van der Waals surface area contributed by atoms with Crippen molar-refractivity contribution >= 4 is 17.5 Å². The molecule has 3 N–H and O–H groups in total. The number of nitrogens with zero attached hydrogens (tertiary/aromatic N) is 2. The lowest BCUT2D eigenvalue weighted by molar-refractivity contribution is -0.117. The first-order chi connectivity index (χ1) is 11.8. The predicted molar refractivity (Wildman–Crippen MR) is 98.4 cm³/mol. The van der Waals surface area contributed by atoms with E-state index in [0.717, 1.165) is 12.1 Å². The topological polar surface area (TPSA) is 88.3 Å². The zero-order valence-corrected chi connectivity index (χ0v) is 14.8. The second kappa shape index (κ2) is 8.39. The van der Waals surface area contributed by atoms with Gasteiger partial charge in [0.1, 0.15) is 0 Å². The number of nitrogens with two attached hydrogens (primary N) is 1. The maximum atomic E-state index is 12.2. The molecule has 1 aromatic heterocycles. The Hall–Kier alpha value is -2.73. The lowest BCUT2D eigenvalue weighted by atomic mass is 10.1. The number of hydrogen-bond acceptors (Lipinski definition) is 4. The molecule has 0 saturated carbocycles. The van der Waals surface area contributed by atoms with Crippen LogP contribution in [-0.2, 0) is 11.2 Å². The molecule has 2 rings (SSSR count). The van der Waals surface area contributed by atoms with E-state index in [2.05, 4.69) is 23.3 Å². The third kappa shape index (κ3) is 5.69. The summed E-state index contributed by atoms with van der Waals surface area (Å²) >= 11 is 0. The molecule has 1 aromatic carbocycles. The van der Waals surface area contributed by atoms with Gasteiger partial charge in [-0.15, -0.1) is 0 Å². The van der Waals surface area contributed by atoms with Gasteiger partial charge in [0.2, 0.25) is 11.8 Å². The highest BCUT2D eigenvalue weighted by Crippen LogP contribution is 2.10. The summed E-state index contributed by atoms with van der Waals surface area (Å²) in [7, 11) is 1.91. The number of primary amides is 1. The minimum atomic E-state index is -0.490. The van der Waals surface area contributed by atoms with Crippen LogP contribution in [0.15, 0.2) is 42.6 Å². The van der Waals surface area contributed by atoms with Crippen LogP contribution in [0.3, 0.4) is 0 Å². The summed E-state index contributed by atoms with van der Waals surface area (Å²) in [6, 6.07) is 10.7. The standard InChI is InChI=1S/C19H24N4O2/c1-13-8-9-21-17(10-13)11-14(2)23(3)12-18(24)22-16-6-4-15(5-7-16)19(20)25/h4-10,14H,11-12H2,1-3H3,(H2,20,25)(H,22,24). The summed E-state index contributed by atoms with van der Waals surface area (Å²) in [6.07, 6.45) is 2.58. The smallest absolute Gasteiger partial charge is 0.248 e. The number of aromatic nitrogens is 1. The molecule has 1 heterocycles. The van der Waals surface area contributed by atoms with Crippen molar-refractivity contribution < 1.29 is 9.59 Å². The minimum Gasteiger partial charge on any atom is -0.366 e. The summed E-state index contributed by atoms with van der Waals surface area (Å²) in [4.78, 5) is 29.6. The van der Waals surface area contributed by atoms with E-state index in [1.165, 1.54) is 5.56 Å². The third-order valence-electron chi connectivity index (χ3n) is 4.08. The lowest BCUT2D eigenvalue weighted by Gasteiger charge is -2.24. The molecule has 25 heavy (non-hydrogen) atoms. The Kier molecular flexibility index (Phi) is 6.25. The molecule has 2 aromatic rings. The van der Waals surface area contributed by atoms with E-state index in [1.807, 2.05) is 24.9 Å². The van der Waals surface area contributed by atoms with Crippen LogP contribution >= 0.6 is 0 Å². The van der Waals surface area contributed by atoms with Gasteiger partial charge in [0.25, 0.3) is 0 Å². The van der Waals surface area contributed by atoms with E-state index in [4.69, 9.17) is 5.73 Å². The van der Waals surface area contributed by atoms with E-state index in [1.54, 1.807) is 30.5 Å². The molecule has 0 radical (unpaired) electrons. The highest BCUT2D eigenvalue weighted by molar-refractivity contribution is 5.95. The molecule has 0 fully saturated rings. The zero-order chi connectivity index (χ0) is 18.4. The van der Waals surface area contributed by atoms with Crippen molar-refractivity contribution in [2.45, 2.75) is 26.3 Å². The average molecular weight is 340 g/mol. The van der Waals surface area contributed by atoms with Crippen LogP contribution in [0, 0.1) is 6.92 Å². The number of amides is 2. The fraction of sp³-hybridized carbons (Fsp3) is 0.316. The molecule has 0 aliphatic heterocycles. The number of likely N-dealkylation sites (N-methyl/N-ethyl adjacent to an activating group) is 1. The van der Waals surface area contributed by atoms with Crippen molar-refractivity contribution in [3.8, 4) is 0 Å². The van der Waals surface area contributed by atoms with E-state index in [-0.39, 0.29) is 18.5 Å². The van der Waals surface area contributed by atoms with Gasteiger partial charge in [0.15, 0.2) is 0 Å². The van der Waals surface area contributed by atoms with Crippen LogP contribution in [0.2, 0.25) is 0 Å². The Morgan fingerprint density at radius 3 is 2.52 bits per heavy atom. The highest BCUT2D eigenvalue weighted by atomic mass is 16.2. The van der Waals surface area contributed by atoms with Crippen LogP contribution in [0.4, 0.5) is 5.69 Å². The Bertz CT molecular complexity index is 743. The number of benzene rings is 1. The van der Waals surface area contributed by atoms with Crippen LogP contribution < -0.4 is 11.1 Å². The number of pyridine rings is 1. The van der Waals surface area contributed by atoms with Crippen molar-refractivity contribution in [2.75, 3.05) is 18.9 Å². The van der Waals surface area contributed by atoms with Crippen LogP contribution in [0.5, 0.6) is 0 Å². The van der Waals surface area contributed by atoms with Crippen molar-refractivity contribution in [1.29, 1.82) is 0 Å². The first-order valence-corrected chi connectivity index (χ1v) is 8.16. The largest absolute Gasteiger partial charge is 0.366 e. The fourth-order valence-corrected chi connectivity index (χ4v) is 2.47. The van der Waals surface area contributed by atoms with E-state index in [9.17, 15) is 9.59 Å². The number of anilines is 1. The van der Waals surface area contributed by atoms with Crippen molar-refractivity contribution in [3.05, 3.63) is 59.4 Å². The van der Waals surface area contributed by atoms with Gasteiger partial charge in [-0.25, -0.2) is 0 Å². The van der Waals surface area contributed by atoms with Crippen LogP contribution in [0.25, 0.3) is 0 Å². The van der Waals surface area contributed by atoms with Gasteiger partial charge in [-0.1, -0.05) is 0 Å². The molecule has 2 amide bonds. The Balaban J connectivity index is 1.87. The van der Waals surface area contributed by atoms with Gasteiger partial charge in [0, 0.05) is 35.6 Å². The number of nitrogens with one attached hydrogen (secondary N) is 1. The second-order valence-electron chi connectivity index (χ2n) is 6.28. The highest BCUT2D eigenvalue weighted by Gasteiger charge is 2.14. The van der Waals surface area contributed by atoms with Gasteiger partial charge in [0.05, 0.1) is 6.54 Å². The molecule has 132 valence electrons. The molecule has 6 heteroatoms. The summed E-state index contributed by atoms with van der Waals surface area (Å²) in [6.45, 7) is 4.38. The molecule has 0 spiro atoms. The van der Waals surface area contributed by atoms with E-state index < -0.39 is 5.91 Å². The predicted octanol–water partition coefficient (Wildman–Crippen LogP) is 1.99. The maximum absolute atomic E-state index is 12.2. The Morgan fingerprint density at radius 2 is 1.92 bits per heavy atom. The summed E-state index contributed by atoms with van der Waals surface area (Å²) in [5.41, 5.74) is 8.44. The van der Waals surface area contributed by atoms with E-state index in [0.29, 0.717) is 11.3 Å². The molecule has 0 aliphatic rings. The van der Waals surface area contributed by atoms with Gasteiger partial charge < -0.3 is 11.1 Å². The zero-order valence-electron chi connectivity index (χ0n) is 14.8. The molecule has 0 bridgehead atoms. The van der Waals surface area contributed by atoms with E-state index >= 15 is 0 Å². The average Bonchev–Trinajstić information content (AvgIpc) is 2.55. The molecule has 0 aliphatic carbocycles. The summed E-state index contributed by atoms with van der Waals surface area (Å²) in [5.74, 6) is -0.602. The number of aryl methyl sites for hydroxylation is 1. The number of rotatable bonds is 7. The summed E-state index contributed by atoms with van der Waals surface area (Å²) in [5, 5.41) is 2.82. The number of hydrogen-bond donors (Lipinski definition) is 2. The summed E-state index contributed by atoms with van der Waals surface area (Å²) < 4.78 is 0. The molecular weight excluding hydrogens is 316 g/mol. The molecule has 6 nitrogen and oxygen atoms in total. The van der Waals surface area contributed by atoms with Crippen molar-refractivity contribution in [2.24, 2.45) is 5.73 Å². The van der Waals surface area contributed by atoms with Crippen molar-refractivity contribution in [1.82, 2.24) is 9.88 Å². The molecular formula is C19H24N4O2. The normalized spacial score (nSPS) is 12.0. The number of carbonyl (C=O) groups is 2. The van der Waals surface area contributed by atoms with Gasteiger partial charge in [-0.05, 0) is 62.9 Å². The first-order valence-electron chi connectivity index (χ1n) is 8.16. The quantitative estimate of drug-likeness (QED) is 0.807. The first kappa shape index (κ1) is 18.6. The Morgan fingerprint density at radius 1 is 1.24 bits per heavy atom. The monoisotopic (exact) mass is 340 g/mol. The number of carbonyl (C=O) groups excluding carboxylic acids is 2. The minimum absolute atomic E-state index is 0.113. The van der Waals surface area contributed by atoms with Crippen LogP contribution in [0.1, 0.15) is 28.5 Å². The van der Waals surface area contributed by atoms with Crippen molar-refractivity contribution in [3.63, 3.8) is 0 Å².